The van der Waals surface area contributed by atoms with E-state index in [0.717, 1.165) is 18.7 Å². The molecule has 1 saturated heterocycles. The number of rotatable bonds is 4. The molecule has 114 valence electrons. The van der Waals surface area contributed by atoms with Crippen molar-refractivity contribution in [1.29, 1.82) is 0 Å². The molecule has 0 unspecified atom stereocenters. The van der Waals surface area contributed by atoms with Gasteiger partial charge in [-0.25, -0.2) is 0 Å². The highest BCUT2D eigenvalue weighted by Crippen LogP contribution is 2.14. The van der Waals surface area contributed by atoms with Crippen LogP contribution in [0.3, 0.4) is 0 Å². The maximum atomic E-state index is 12.6. The summed E-state index contributed by atoms with van der Waals surface area (Å²) in [6, 6.07) is 9.48. The van der Waals surface area contributed by atoms with E-state index in [1.54, 1.807) is 11.8 Å². The Bertz CT molecular complexity index is 490. The molecular formula is C16H23N3O2. The minimum atomic E-state index is -0.394. The van der Waals surface area contributed by atoms with Crippen LogP contribution in [0.5, 0.6) is 0 Å². The number of carbonyl (C=O) groups is 2. The average Bonchev–Trinajstić information content (AvgIpc) is 2.68. The van der Waals surface area contributed by atoms with Crippen molar-refractivity contribution < 1.29 is 9.59 Å². The fourth-order valence-electron chi connectivity index (χ4n) is 2.56. The third-order valence-corrected chi connectivity index (χ3v) is 3.87. The molecule has 0 radical (unpaired) electrons. The fraction of sp³-hybridized carbons (Fsp3) is 0.500. The molecule has 0 bridgehead atoms. The zero-order valence-electron chi connectivity index (χ0n) is 12.7. The van der Waals surface area contributed by atoms with E-state index in [0.29, 0.717) is 19.6 Å². The Morgan fingerprint density at radius 1 is 1.38 bits per heavy atom. The third kappa shape index (κ3) is 3.74. The van der Waals surface area contributed by atoms with Gasteiger partial charge in [0.1, 0.15) is 6.04 Å². The molecule has 0 aliphatic carbocycles. The van der Waals surface area contributed by atoms with Crippen molar-refractivity contribution in [3.05, 3.63) is 30.3 Å². The maximum absolute atomic E-state index is 12.6. The van der Waals surface area contributed by atoms with Crippen LogP contribution in [0.4, 0.5) is 5.69 Å². The lowest BCUT2D eigenvalue weighted by atomic mass is 10.2. The van der Waals surface area contributed by atoms with Gasteiger partial charge in [-0.15, -0.1) is 0 Å². The van der Waals surface area contributed by atoms with Crippen LogP contribution in [0.1, 0.15) is 20.3 Å². The van der Waals surface area contributed by atoms with Gasteiger partial charge in [-0.05, 0) is 32.4 Å². The molecule has 0 spiro atoms. The average molecular weight is 289 g/mol. The molecule has 1 atom stereocenters. The summed E-state index contributed by atoms with van der Waals surface area (Å²) in [6.07, 6.45) is 0.805. The Morgan fingerprint density at radius 3 is 2.76 bits per heavy atom. The van der Waals surface area contributed by atoms with Crippen molar-refractivity contribution in [1.82, 2.24) is 10.2 Å². The molecule has 5 nitrogen and oxygen atoms in total. The molecule has 0 aromatic heterocycles. The second-order valence-corrected chi connectivity index (χ2v) is 5.26. The van der Waals surface area contributed by atoms with Gasteiger partial charge in [0.15, 0.2) is 0 Å². The van der Waals surface area contributed by atoms with Crippen LogP contribution in [0, 0.1) is 0 Å². The van der Waals surface area contributed by atoms with Crippen LogP contribution in [0.25, 0.3) is 0 Å². The summed E-state index contributed by atoms with van der Waals surface area (Å²) < 4.78 is 0. The number of benzene rings is 1. The van der Waals surface area contributed by atoms with E-state index in [1.165, 1.54) is 0 Å². The number of carbonyl (C=O) groups excluding carboxylic acids is 2. The first-order valence-electron chi connectivity index (χ1n) is 7.50. The van der Waals surface area contributed by atoms with Crippen molar-refractivity contribution in [2.75, 3.05) is 31.1 Å². The van der Waals surface area contributed by atoms with Crippen LogP contribution in [0.15, 0.2) is 30.3 Å². The molecule has 1 fully saturated rings. The largest absolute Gasteiger partial charge is 0.362 e. The van der Waals surface area contributed by atoms with Gasteiger partial charge in [-0.1, -0.05) is 18.2 Å². The molecule has 1 aromatic carbocycles. The molecule has 0 saturated carbocycles. The number of amides is 2. The molecule has 1 N–H and O–H groups in total. The molecule has 1 aromatic rings. The standard InChI is InChI=1S/C16H23N3O2/c1-3-18(14-8-5-4-6-9-14)12-15(20)19-11-7-10-17-16(21)13(19)2/h4-6,8-9,13H,3,7,10-12H2,1-2H3,(H,17,21)/t13-/m0/s1. The van der Waals surface area contributed by atoms with E-state index in [2.05, 4.69) is 5.32 Å². The van der Waals surface area contributed by atoms with Crippen LogP contribution >= 0.6 is 0 Å². The lowest BCUT2D eigenvalue weighted by molar-refractivity contribution is -0.137. The van der Waals surface area contributed by atoms with E-state index in [9.17, 15) is 9.59 Å². The van der Waals surface area contributed by atoms with Crippen molar-refractivity contribution >= 4 is 17.5 Å². The second kappa shape index (κ2) is 7.11. The quantitative estimate of drug-likeness (QED) is 0.907. The summed E-state index contributed by atoms with van der Waals surface area (Å²) in [4.78, 5) is 28.1. The lowest BCUT2D eigenvalue weighted by Gasteiger charge is -2.30. The normalized spacial score (nSPS) is 18.9. The molecular weight excluding hydrogens is 266 g/mol. The number of hydrogen-bond donors (Lipinski definition) is 1. The number of nitrogens with zero attached hydrogens (tertiary/aromatic N) is 2. The number of para-hydroxylation sites is 1. The molecule has 1 aliphatic rings. The summed E-state index contributed by atoms with van der Waals surface area (Å²) in [5.74, 6) is -0.0612. The Labute approximate surface area is 125 Å². The number of likely N-dealkylation sites (N-methyl/N-ethyl adjacent to an activating group) is 1. The maximum Gasteiger partial charge on any atom is 0.242 e. The van der Waals surface area contributed by atoms with Crippen LogP contribution in [-0.2, 0) is 9.59 Å². The smallest absolute Gasteiger partial charge is 0.242 e. The molecule has 2 amide bonds. The van der Waals surface area contributed by atoms with Gasteiger partial charge in [-0.3, -0.25) is 9.59 Å². The fourth-order valence-corrected chi connectivity index (χ4v) is 2.56. The van der Waals surface area contributed by atoms with Crippen LogP contribution in [-0.4, -0.2) is 48.9 Å². The highest BCUT2D eigenvalue weighted by Gasteiger charge is 2.28. The second-order valence-electron chi connectivity index (χ2n) is 5.26. The summed E-state index contributed by atoms with van der Waals surface area (Å²) >= 11 is 0. The SMILES string of the molecule is CCN(CC(=O)N1CCCNC(=O)[C@@H]1C)c1ccccc1. The topological polar surface area (TPSA) is 52.7 Å². The van der Waals surface area contributed by atoms with Gasteiger partial charge < -0.3 is 15.1 Å². The summed E-state index contributed by atoms with van der Waals surface area (Å²) in [7, 11) is 0. The Balaban J connectivity index is 2.06. The van der Waals surface area contributed by atoms with E-state index >= 15 is 0 Å². The van der Waals surface area contributed by atoms with Gasteiger partial charge in [0, 0.05) is 25.3 Å². The van der Waals surface area contributed by atoms with Crippen LogP contribution < -0.4 is 10.2 Å². The third-order valence-electron chi connectivity index (χ3n) is 3.87. The van der Waals surface area contributed by atoms with Crippen molar-refractivity contribution in [2.45, 2.75) is 26.3 Å². The van der Waals surface area contributed by atoms with Crippen LogP contribution in [0.2, 0.25) is 0 Å². The number of nitrogens with one attached hydrogen (secondary N) is 1. The molecule has 21 heavy (non-hydrogen) atoms. The van der Waals surface area contributed by atoms with E-state index in [-0.39, 0.29) is 11.8 Å². The Morgan fingerprint density at radius 2 is 2.10 bits per heavy atom. The number of hydrogen-bond acceptors (Lipinski definition) is 3. The lowest BCUT2D eigenvalue weighted by Crippen LogP contribution is -2.48. The Hall–Kier alpha value is -2.04. The van der Waals surface area contributed by atoms with E-state index < -0.39 is 6.04 Å². The van der Waals surface area contributed by atoms with Crippen molar-refractivity contribution in [2.24, 2.45) is 0 Å². The summed E-state index contributed by atoms with van der Waals surface area (Å²) in [6.45, 7) is 6.15. The predicted molar refractivity (Wildman–Crippen MR) is 83.1 cm³/mol. The highest BCUT2D eigenvalue weighted by atomic mass is 16.2. The molecule has 5 heteroatoms. The molecule has 2 rings (SSSR count). The Kier molecular flexibility index (Phi) is 5.20. The first-order valence-corrected chi connectivity index (χ1v) is 7.50. The van der Waals surface area contributed by atoms with Gasteiger partial charge >= 0.3 is 0 Å². The van der Waals surface area contributed by atoms with Gasteiger partial charge in [0.2, 0.25) is 11.8 Å². The van der Waals surface area contributed by atoms with E-state index in [4.69, 9.17) is 0 Å². The summed E-state index contributed by atoms with van der Waals surface area (Å²) in [5, 5.41) is 2.83. The van der Waals surface area contributed by atoms with E-state index in [1.807, 2.05) is 42.2 Å². The zero-order valence-corrected chi connectivity index (χ0v) is 12.7. The first kappa shape index (κ1) is 15.4. The highest BCUT2D eigenvalue weighted by molar-refractivity contribution is 5.89. The predicted octanol–water partition coefficient (Wildman–Crippen LogP) is 1.25. The van der Waals surface area contributed by atoms with Crippen molar-refractivity contribution in [3.8, 4) is 0 Å². The molecule has 1 aliphatic heterocycles. The minimum absolute atomic E-state index is 0.00486. The van der Waals surface area contributed by atoms with Gasteiger partial charge in [-0.2, -0.15) is 0 Å². The van der Waals surface area contributed by atoms with Gasteiger partial charge in [0.25, 0.3) is 0 Å². The summed E-state index contributed by atoms with van der Waals surface area (Å²) in [5.41, 5.74) is 1.03. The number of anilines is 1. The first-order chi connectivity index (χ1) is 10.1. The van der Waals surface area contributed by atoms with Gasteiger partial charge in [0.05, 0.1) is 6.54 Å². The molecule has 1 heterocycles. The zero-order chi connectivity index (χ0) is 15.2. The monoisotopic (exact) mass is 289 g/mol. The minimum Gasteiger partial charge on any atom is -0.362 e. The van der Waals surface area contributed by atoms with Crippen molar-refractivity contribution in [3.63, 3.8) is 0 Å².